The van der Waals surface area contributed by atoms with Crippen molar-refractivity contribution in [2.75, 3.05) is 30.9 Å². The number of hydrogen-bond donors (Lipinski definition) is 2. The van der Waals surface area contributed by atoms with E-state index < -0.39 is 0 Å². The molecule has 19 heavy (non-hydrogen) atoms. The Hall–Kier alpha value is -1.36. The number of ether oxygens (including phenoxy) is 1. The molecule has 0 aromatic carbocycles. The van der Waals surface area contributed by atoms with Crippen LogP contribution in [0.15, 0.2) is 6.07 Å². The van der Waals surface area contributed by atoms with Crippen molar-refractivity contribution in [1.29, 1.82) is 0 Å². The normalized spacial score (nSPS) is 24.2. The van der Waals surface area contributed by atoms with E-state index in [1.54, 1.807) is 0 Å². The molecule has 5 heteroatoms. The van der Waals surface area contributed by atoms with Crippen LogP contribution < -0.4 is 10.6 Å². The molecule has 2 fully saturated rings. The van der Waals surface area contributed by atoms with Crippen molar-refractivity contribution in [3.05, 3.63) is 11.9 Å². The Balaban J connectivity index is 1.73. The maximum atomic E-state index is 5.45. The lowest BCUT2D eigenvalue weighted by atomic mass is 10.0. The van der Waals surface area contributed by atoms with E-state index in [-0.39, 0.29) is 0 Å². The van der Waals surface area contributed by atoms with Crippen molar-refractivity contribution in [2.45, 2.75) is 38.1 Å². The van der Waals surface area contributed by atoms with Gasteiger partial charge in [0.2, 0.25) is 0 Å². The lowest BCUT2D eigenvalue weighted by Gasteiger charge is -2.20. The second-order valence-corrected chi connectivity index (χ2v) is 5.58. The van der Waals surface area contributed by atoms with Gasteiger partial charge in [0.25, 0.3) is 0 Å². The van der Waals surface area contributed by atoms with Gasteiger partial charge in [-0.05, 0) is 26.2 Å². The van der Waals surface area contributed by atoms with E-state index in [9.17, 15) is 0 Å². The van der Waals surface area contributed by atoms with Gasteiger partial charge < -0.3 is 15.4 Å². The number of anilines is 2. The van der Waals surface area contributed by atoms with Gasteiger partial charge in [-0.1, -0.05) is 0 Å². The molecule has 2 N–H and O–H groups in total. The zero-order valence-electron chi connectivity index (χ0n) is 11.6. The standard InChI is InChI=1S/C14H22N4O/c1-9(11-5-6-19-8-11)16-13-7-12(15-2)17-14(18-13)10-3-4-10/h7,9-11H,3-6,8H2,1-2H3,(H2,15,16,17,18). The molecule has 2 atom stereocenters. The molecule has 0 amide bonds. The van der Waals surface area contributed by atoms with Gasteiger partial charge in [-0.2, -0.15) is 0 Å². The zero-order valence-corrected chi connectivity index (χ0v) is 11.6. The fourth-order valence-corrected chi connectivity index (χ4v) is 2.49. The van der Waals surface area contributed by atoms with Gasteiger partial charge in [-0.25, -0.2) is 9.97 Å². The number of hydrogen-bond acceptors (Lipinski definition) is 5. The molecule has 0 spiro atoms. The summed E-state index contributed by atoms with van der Waals surface area (Å²) in [7, 11) is 1.90. The molecule has 2 heterocycles. The SMILES string of the molecule is CNc1cc(NC(C)C2CCOC2)nc(C2CC2)n1. The van der Waals surface area contributed by atoms with Gasteiger partial charge in [0, 0.05) is 37.6 Å². The maximum absolute atomic E-state index is 5.45. The van der Waals surface area contributed by atoms with Crippen LogP contribution in [0.2, 0.25) is 0 Å². The number of aromatic nitrogens is 2. The van der Waals surface area contributed by atoms with Gasteiger partial charge in [0.1, 0.15) is 17.5 Å². The molecule has 1 saturated carbocycles. The van der Waals surface area contributed by atoms with E-state index in [0.29, 0.717) is 17.9 Å². The van der Waals surface area contributed by atoms with Crippen LogP contribution >= 0.6 is 0 Å². The van der Waals surface area contributed by atoms with E-state index in [0.717, 1.165) is 37.1 Å². The highest BCUT2D eigenvalue weighted by Gasteiger charge is 2.28. The van der Waals surface area contributed by atoms with Crippen molar-refractivity contribution in [1.82, 2.24) is 9.97 Å². The summed E-state index contributed by atoms with van der Waals surface area (Å²) in [4.78, 5) is 9.18. The lowest BCUT2D eigenvalue weighted by Crippen LogP contribution is -2.26. The Morgan fingerprint density at radius 3 is 2.68 bits per heavy atom. The first kappa shape index (κ1) is 12.7. The summed E-state index contributed by atoms with van der Waals surface area (Å²) in [6, 6.07) is 2.37. The van der Waals surface area contributed by atoms with E-state index in [4.69, 9.17) is 4.74 Å². The van der Waals surface area contributed by atoms with Crippen LogP contribution in [-0.2, 0) is 4.74 Å². The van der Waals surface area contributed by atoms with Crippen LogP contribution in [0, 0.1) is 5.92 Å². The highest BCUT2D eigenvalue weighted by molar-refractivity contribution is 5.48. The van der Waals surface area contributed by atoms with Gasteiger partial charge in [-0.3, -0.25) is 0 Å². The number of rotatable bonds is 5. The van der Waals surface area contributed by atoms with Crippen molar-refractivity contribution in [2.24, 2.45) is 5.92 Å². The third kappa shape index (κ3) is 2.97. The fourth-order valence-electron chi connectivity index (χ4n) is 2.49. The third-order valence-electron chi connectivity index (χ3n) is 3.99. The molecule has 1 aromatic rings. The zero-order chi connectivity index (χ0) is 13.2. The monoisotopic (exact) mass is 262 g/mol. The topological polar surface area (TPSA) is 59.1 Å². The summed E-state index contributed by atoms with van der Waals surface area (Å²) < 4.78 is 5.45. The molecule has 5 nitrogen and oxygen atoms in total. The third-order valence-corrected chi connectivity index (χ3v) is 3.99. The molecule has 1 aromatic heterocycles. The minimum Gasteiger partial charge on any atom is -0.381 e. The Kier molecular flexibility index (Phi) is 3.55. The molecule has 2 unspecified atom stereocenters. The quantitative estimate of drug-likeness (QED) is 0.852. The van der Waals surface area contributed by atoms with Crippen molar-refractivity contribution < 1.29 is 4.74 Å². The van der Waals surface area contributed by atoms with E-state index in [1.807, 2.05) is 13.1 Å². The first-order valence-corrected chi connectivity index (χ1v) is 7.17. The molecule has 1 aliphatic carbocycles. The molecule has 104 valence electrons. The average molecular weight is 262 g/mol. The highest BCUT2D eigenvalue weighted by atomic mass is 16.5. The predicted octanol–water partition coefficient (Wildman–Crippen LogP) is 2.23. The van der Waals surface area contributed by atoms with Crippen LogP contribution in [0.4, 0.5) is 11.6 Å². The predicted molar refractivity (Wildman–Crippen MR) is 75.6 cm³/mol. The van der Waals surface area contributed by atoms with Gasteiger partial charge in [-0.15, -0.1) is 0 Å². The smallest absolute Gasteiger partial charge is 0.136 e. The fraction of sp³-hybridized carbons (Fsp3) is 0.714. The van der Waals surface area contributed by atoms with Crippen LogP contribution in [-0.4, -0.2) is 36.3 Å². The molecular formula is C14H22N4O. The van der Waals surface area contributed by atoms with Gasteiger partial charge in [0.15, 0.2) is 0 Å². The summed E-state index contributed by atoms with van der Waals surface area (Å²) in [5.41, 5.74) is 0. The Morgan fingerprint density at radius 1 is 1.26 bits per heavy atom. The van der Waals surface area contributed by atoms with Crippen molar-refractivity contribution >= 4 is 11.6 Å². The highest BCUT2D eigenvalue weighted by Crippen LogP contribution is 2.38. The molecule has 0 bridgehead atoms. The van der Waals surface area contributed by atoms with Gasteiger partial charge in [0.05, 0.1) is 6.61 Å². The van der Waals surface area contributed by atoms with Crippen molar-refractivity contribution in [3.63, 3.8) is 0 Å². The molecule has 3 rings (SSSR count). The Labute approximate surface area is 114 Å². The van der Waals surface area contributed by atoms with Crippen LogP contribution in [0.3, 0.4) is 0 Å². The second-order valence-electron chi connectivity index (χ2n) is 5.58. The van der Waals surface area contributed by atoms with E-state index in [1.165, 1.54) is 12.8 Å². The molecular weight excluding hydrogens is 240 g/mol. The number of nitrogens with zero attached hydrogens (tertiary/aromatic N) is 2. The van der Waals surface area contributed by atoms with Gasteiger partial charge >= 0.3 is 0 Å². The minimum atomic E-state index is 0.383. The Morgan fingerprint density at radius 2 is 2.05 bits per heavy atom. The van der Waals surface area contributed by atoms with Crippen molar-refractivity contribution in [3.8, 4) is 0 Å². The molecule has 0 radical (unpaired) electrons. The summed E-state index contributed by atoms with van der Waals surface area (Å²) in [5, 5.41) is 6.63. The summed E-state index contributed by atoms with van der Waals surface area (Å²) >= 11 is 0. The molecule has 2 aliphatic rings. The van der Waals surface area contributed by atoms with Crippen LogP contribution in [0.25, 0.3) is 0 Å². The molecule has 1 aliphatic heterocycles. The minimum absolute atomic E-state index is 0.383. The summed E-state index contributed by atoms with van der Waals surface area (Å²) in [6.07, 6.45) is 3.57. The largest absolute Gasteiger partial charge is 0.381 e. The molecule has 1 saturated heterocycles. The van der Waals surface area contributed by atoms with E-state index in [2.05, 4.69) is 27.5 Å². The summed E-state index contributed by atoms with van der Waals surface area (Å²) in [5.74, 6) is 3.95. The number of nitrogens with one attached hydrogen (secondary N) is 2. The van der Waals surface area contributed by atoms with Crippen LogP contribution in [0.5, 0.6) is 0 Å². The first-order valence-electron chi connectivity index (χ1n) is 7.17. The second kappa shape index (κ2) is 5.33. The summed E-state index contributed by atoms with van der Waals surface area (Å²) in [6.45, 7) is 3.94. The van der Waals surface area contributed by atoms with Crippen LogP contribution in [0.1, 0.15) is 37.9 Å². The average Bonchev–Trinajstić information content (AvgIpc) is 3.13. The lowest BCUT2D eigenvalue weighted by molar-refractivity contribution is 0.183. The first-order chi connectivity index (χ1) is 9.26. The van der Waals surface area contributed by atoms with E-state index >= 15 is 0 Å². The Bertz CT molecular complexity index is 441. The maximum Gasteiger partial charge on any atom is 0.136 e.